The zero-order chi connectivity index (χ0) is 14.8. The summed E-state index contributed by atoms with van der Waals surface area (Å²) in [6.45, 7) is 0. The Morgan fingerprint density at radius 3 is 2.24 bits per heavy atom. The van der Waals surface area contributed by atoms with Crippen molar-refractivity contribution >= 4 is 23.3 Å². The van der Waals surface area contributed by atoms with Crippen LogP contribution >= 0.6 is 11.6 Å². The number of benzene rings is 2. The molecule has 2 aromatic rings. The molecule has 0 aliphatic heterocycles. The van der Waals surface area contributed by atoms with E-state index in [1.165, 1.54) is 0 Å². The number of carbonyl (C=O) groups is 1. The van der Waals surface area contributed by atoms with E-state index in [1.54, 1.807) is 30.3 Å². The van der Waals surface area contributed by atoms with Crippen molar-refractivity contribution in [1.29, 1.82) is 0 Å². The predicted octanol–water partition coefficient (Wildman–Crippen LogP) is 0.760. The highest BCUT2D eigenvalue weighted by molar-refractivity contribution is 6.30. The number of esters is 1. The fourth-order valence-corrected chi connectivity index (χ4v) is 1.84. The Morgan fingerprint density at radius 1 is 1.05 bits per heavy atom. The van der Waals surface area contributed by atoms with E-state index in [2.05, 4.69) is 21.1 Å². The van der Waals surface area contributed by atoms with Crippen LogP contribution in [-0.4, -0.2) is 27.1 Å². The smallest absolute Gasteiger partial charge is 0.343 e. The van der Waals surface area contributed by atoms with Crippen LogP contribution in [0.4, 0.5) is 5.69 Å². The monoisotopic (exact) mass is 369 g/mol. The Morgan fingerprint density at radius 2 is 1.67 bits per heavy atom. The Kier molecular flexibility index (Phi) is 5.96. The quantitative estimate of drug-likeness (QED) is 0.453. The Labute approximate surface area is 140 Å². The number of quaternary nitrogens is 1. The van der Waals surface area contributed by atoms with E-state index in [0.29, 0.717) is 20.8 Å². The van der Waals surface area contributed by atoms with Gasteiger partial charge >= 0.3 is 5.97 Å². The summed E-state index contributed by atoms with van der Waals surface area (Å²) in [6, 6.07) is 14.1. The van der Waals surface area contributed by atoms with Crippen molar-refractivity contribution in [3.8, 4) is 5.75 Å². The highest BCUT2D eigenvalue weighted by atomic mass is 79.9. The summed E-state index contributed by atoms with van der Waals surface area (Å²) in [5, 5.41) is 0.591. The van der Waals surface area contributed by atoms with Crippen molar-refractivity contribution in [2.24, 2.45) is 0 Å². The minimum atomic E-state index is -0.389. The van der Waals surface area contributed by atoms with Gasteiger partial charge in [0, 0.05) is 11.1 Å². The molecule has 0 spiro atoms. The Hall–Kier alpha value is -1.36. The van der Waals surface area contributed by atoms with Gasteiger partial charge in [-0.2, -0.15) is 0 Å². The third kappa shape index (κ3) is 4.84. The third-order valence-corrected chi connectivity index (χ3v) is 3.13. The molecule has 0 fully saturated rings. The van der Waals surface area contributed by atoms with Gasteiger partial charge in [-0.05, 0) is 36.4 Å². The molecule has 0 bridgehead atoms. The second-order valence-corrected chi connectivity index (χ2v) is 5.84. The zero-order valence-electron chi connectivity index (χ0n) is 12.1. The molecule has 2 aromatic carbocycles. The summed E-state index contributed by atoms with van der Waals surface area (Å²) >= 11 is 5.79. The molecule has 0 aromatic heterocycles. The molecule has 2 rings (SSSR count). The van der Waals surface area contributed by atoms with Crippen molar-refractivity contribution in [2.75, 3.05) is 21.1 Å². The minimum absolute atomic E-state index is 0. The summed E-state index contributed by atoms with van der Waals surface area (Å²) in [5.41, 5.74) is 1.54. The second kappa shape index (κ2) is 7.07. The first-order chi connectivity index (χ1) is 9.36. The van der Waals surface area contributed by atoms with Crippen molar-refractivity contribution in [3.63, 3.8) is 0 Å². The Balaban J connectivity index is 0.00000220. The van der Waals surface area contributed by atoms with Gasteiger partial charge in [-0.1, -0.05) is 17.7 Å². The van der Waals surface area contributed by atoms with E-state index >= 15 is 0 Å². The molecule has 112 valence electrons. The third-order valence-electron chi connectivity index (χ3n) is 2.88. The molecule has 0 aliphatic rings. The van der Waals surface area contributed by atoms with Gasteiger partial charge in [0.15, 0.2) is 0 Å². The molecule has 0 atom stereocenters. The SMILES string of the molecule is C[N+](C)(C)c1cccc(OC(=O)c2ccc(Cl)cc2)c1.[Br-]. The van der Waals surface area contributed by atoms with Gasteiger partial charge < -0.3 is 21.7 Å². The Bertz CT molecular complexity index is 621. The minimum Gasteiger partial charge on any atom is -1.00 e. The maximum absolute atomic E-state index is 12.0. The van der Waals surface area contributed by atoms with Crippen molar-refractivity contribution in [2.45, 2.75) is 0 Å². The molecular weight excluding hydrogens is 354 g/mol. The molecule has 0 radical (unpaired) electrons. The van der Waals surface area contributed by atoms with Crippen molar-refractivity contribution in [1.82, 2.24) is 4.48 Å². The number of ether oxygens (including phenoxy) is 1. The lowest BCUT2D eigenvalue weighted by Crippen LogP contribution is -3.00. The summed E-state index contributed by atoms with van der Waals surface area (Å²) in [6.07, 6.45) is 0. The molecule has 0 saturated carbocycles. The fraction of sp³-hybridized carbons (Fsp3) is 0.188. The van der Waals surface area contributed by atoms with Crippen LogP contribution in [0.1, 0.15) is 10.4 Å². The van der Waals surface area contributed by atoms with E-state index in [0.717, 1.165) is 5.69 Å². The zero-order valence-corrected chi connectivity index (χ0v) is 14.5. The van der Waals surface area contributed by atoms with Gasteiger partial charge in [-0.3, -0.25) is 4.48 Å². The molecule has 0 unspecified atom stereocenters. The average molecular weight is 371 g/mol. The molecule has 0 heterocycles. The fourth-order valence-electron chi connectivity index (χ4n) is 1.72. The van der Waals surface area contributed by atoms with Crippen molar-refractivity contribution < 1.29 is 26.5 Å². The highest BCUT2D eigenvalue weighted by Gasteiger charge is 2.14. The number of carbonyl (C=O) groups excluding carboxylic acids is 1. The van der Waals surface area contributed by atoms with Crippen LogP contribution in [0.15, 0.2) is 48.5 Å². The van der Waals surface area contributed by atoms with E-state index in [4.69, 9.17) is 16.3 Å². The van der Waals surface area contributed by atoms with Crippen LogP contribution < -0.4 is 26.2 Å². The standard InChI is InChI=1S/C16H17ClNO2.BrH/c1-18(2,3)14-5-4-6-15(11-14)20-16(19)12-7-9-13(17)10-8-12;/h4-11H,1-3H3;1H/q+1;/p-1. The maximum atomic E-state index is 12.0. The molecule has 0 amide bonds. The molecule has 5 heteroatoms. The summed E-state index contributed by atoms with van der Waals surface area (Å²) in [5.74, 6) is 0.149. The van der Waals surface area contributed by atoms with Gasteiger partial charge in [0.2, 0.25) is 0 Å². The van der Waals surface area contributed by atoms with Crippen LogP contribution in [0.25, 0.3) is 0 Å². The van der Waals surface area contributed by atoms with Crippen LogP contribution in [0.3, 0.4) is 0 Å². The molecule has 21 heavy (non-hydrogen) atoms. The number of hydrogen-bond acceptors (Lipinski definition) is 2. The lowest BCUT2D eigenvalue weighted by atomic mass is 10.2. The lowest BCUT2D eigenvalue weighted by molar-refractivity contribution is -0.0000171. The van der Waals surface area contributed by atoms with Crippen molar-refractivity contribution in [3.05, 3.63) is 59.1 Å². The van der Waals surface area contributed by atoms with Gasteiger partial charge in [0.1, 0.15) is 11.4 Å². The largest absolute Gasteiger partial charge is 1.00 e. The molecule has 0 N–H and O–H groups in total. The van der Waals surface area contributed by atoms with E-state index in [9.17, 15) is 4.79 Å². The summed E-state index contributed by atoms with van der Waals surface area (Å²) < 4.78 is 6.04. The average Bonchev–Trinajstić information content (AvgIpc) is 2.38. The first-order valence-electron chi connectivity index (χ1n) is 6.26. The normalized spacial score (nSPS) is 10.7. The number of nitrogens with zero attached hydrogens (tertiary/aromatic N) is 1. The van der Waals surface area contributed by atoms with Gasteiger partial charge in [-0.15, -0.1) is 0 Å². The predicted molar refractivity (Wildman–Crippen MR) is 82.4 cm³/mol. The molecule has 3 nitrogen and oxygen atoms in total. The summed E-state index contributed by atoms with van der Waals surface area (Å²) in [4.78, 5) is 12.0. The molecule has 0 saturated heterocycles. The van der Waals surface area contributed by atoms with Crippen LogP contribution in [0.5, 0.6) is 5.75 Å². The number of rotatable bonds is 3. The van der Waals surface area contributed by atoms with Crippen LogP contribution in [0, 0.1) is 0 Å². The first-order valence-corrected chi connectivity index (χ1v) is 6.64. The second-order valence-electron chi connectivity index (χ2n) is 5.41. The van der Waals surface area contributed by atoms with E-state index < -0.39 is 0 Å². The number of hydrogen-bond donors (Lipinski definition) is 0. The maximum Gasteiger partial charge on any atom is 0.343 e. The summed E-state index contributed by atoms with van der Waals surface area (Å²) in [7, 11) is 6.17. The number of halogens is 2. The first kappa shape index (κ1) is 17.7. The molecule has 0 aliphatic carbocycles. The van der Waals surface area contributed by atoms with E-state index in [1.807, 2.05) is 18.2 Å². The topological polar surface area (TPSA) is 26.3 Å². The van der Waals surface area contributed by atoms with Gasteiger partial charge in [0.05, 0.1) is 26.7 Å². The lowest BCUT2D eigenvalue weighted by Gasteiger charge is -2.23. The van der Waals surface area contributed by atoms with Crippen LogP contribution in [-0.2, 0) is 0 Å². The van der Waals surface area contributed by atoms with Gasteiger partial charge in [-0.25, -0.2) is 4.79 Å². The van der Waals surface area contributed by atoms with Crippen LogP contribution in [0.2, 0.25) is 5.02 Å². The molecular formula is C16H17BrClNO2. The van der Waals surface area contributed by atoms with E-state index in [-0.39, 0.29) is 23.0 Å². The van der Waals surface area contributed by atoms with Gasteiger partial charge in [0.25, 0.3) is 0 Å². The highest BCUT2D eigenvalue weighted by Crippen LogP contribution is 2.23.